The van der Waals surface area contributed by atoms with Crippen LogP contribution in [-0.2, 0) is 11.3 Å². The Hall–Kier alpha value is -3.22. The molecular weight excluding hydrogens is 487 g/mol. The maximum absolute atomic E-state index is 13.4. The van der Waals surface area contributed by atoms with E-state index in [1.807, 2.05) is 19.1 Å². The number of ether oxygens (including phenoxy) is 2. The molecule has 0 spiro atoms. The van der Waals surface area contributed by atoms with Crippen molar-refractivity contribution >= 4 is 44.7 Å². The lowest BCUT2D eigenvalue weighted by Crippen LogP contribution is -2.27. The number of benzene rings is 2. The van der Waals surface area contributed by atoms with Crippen LogP contribution in [0.3, 0.4) is 0 Å². The highest BCUT2D eigenvalue weighted by Gasteiger charge is 2.10. The lowest BCUT2D eigenvalue weighted by molar-refractivity contribution is 0.198. The van der Waals surface area contributed by atoms with Gasteiger partial charge >= 0.3 is 0 Å². The van der Waals surface area contributed by atoms with E-state index < -0.39 is 0 Å². The SMILES string of the molecule is COCCN[C@H](C)C#Cc1cc2ncnc(Nc3ccc(OCc4cccc(F)c4)c(Cl)c3)c2s1. The van der Waals surface area contributed by atoms with Gasteiger partial charge in [-0.2, -0.15) is 0 Å². The summed E-state index contributed by atoms with van der Waals surface area (Å²) in [5, 5.41) is 7.03. The van der Waals surface area contributed by atoms with Gasteiger partial charge in [-0.15, -0.1) is 11.3 Å². The van der Waals surface area contributed by atoms with Crippen molar-refractivity contribution in [3.63, 3.8) is 0 Å². The summed E-state index contributed by atoms with van der Waals surface area (Å²) >= 11 is 7.96. The van der Waals surface area contributed by atoms with E-state index in [4.69, 9.17) is 21.1 Å². The summed E-state index contributed by atoms with van der Waals surface area (Å²) < 4.78 is 25.1. The number of nitrogens with zero attached hydrogens (tertiary/aromatic N) is 2. The van der Waals surface area contributed by atoms with Crippen molar-refractivity contribution in [2.45, 2.75) is 19.6 Å². The lowest BCUT2D eigenvalue weighted by atomic mass is 10.2. The van der Waals surface area contributed by atoms with Crippen molar-refractivity contribution in [1.29, 1.82) is 0 Å². The van der Waals surface area contributed by atoms with Gasteiger partial charge in [0.15, 0.2) is 5.82 Å². The summed E-state index contributed by atoms with van der Waals surface area (Å²) in [6, 6.07) is 13.7. The second-order valence-electron chi connectivity index (χ2n) is 7.67. The predicted molar refractivity (Wildman–Crippen MR) is 139 cm³/mol. The van der Waals surface area contributed by atoms with Crippen LogP contribution in [0.25, 0.3) is 10.2 Å². The number of halogens is 2. The van der Waals surface area contributed by atoms with Crippen molar-refractivity contribution in [1.82, 2.24) is 15.3 Å². The Kier molecular flexibility index (Phi) is 8.50. The van der Waals surface area contributed by atoms with Crippen LogP contribution in [0, 0.1) is 17.7 Å². The number of nitrogens with one attached hydrogen (secondary N) is 2. The molecule has 0 radical (unpaired) electrons. The molecule has 1 atom stereocenters. The number of hydrogen-bond acceptors (Lipinski definition) is 7. The van der Waals surface area contributed by atoms with Gasteiger partial charge < -0.3 is 20.1 Å². The molecule has 0 unspecified atom stereocenters. The number of hydrogen-bond donors (Lipinski definition) is 2. The number of anilines is 2. The first-order valence-corrected chi connectivity index (χ1v) is 12.1. The average molecular weight is 511 g/mol. The summed E-state index contributed by atoms with van der Waals surface area (Å²) in [4.78, 5) is 9.68. The number of rotatable bonds is 9. The van der Waals surface area contributed by atoms with Gasteiger partial charge in [-0.25, -0.2) is 14.4 Å². The molecule has 4 rings (SSSR count). The highest BCUT2D eigenvalue weighted by molar-refractivity contribution is 7.20. The minimum atomic E-state index is -0.302. The molecule has 4 aromatic rings. The first-order valence-electron chi connectivity index (χ1n) is 10.9. The Morgan fingerprint density at radius 2 is 2.06 bits per heavy atom. The normalized spacial score (nSPS) is 11.7. The van der Waals surface area contributed by atoms with Gasteiger partial charge in [0.2, 0.25) is 0 Å². The molecule has 9 heteroatoms. The van der Waals surface area contributed by atoms with Crippen LogP contribution in [0.2, 0.25) is 5.02 Å². The lowest BCUT2D eigenvalue weighted by Gasteiger charge is -2.11. The molecule has 2 heterocycles. The number of aromatic nitrogens is 2. The summed E-state index contributed by atoms with van der Waals surface area (Å²) in [5.41, 5.74) is 2.30. The predicted octanol–water partition coefficient (Wildman–Crippen LogP) is 5.78. The maximum atomic E-state index is 13.4. The van der Waals surface area contributed by atoms with E-state index >= 15 is 0 Å². The molecule has 35 heavy (non-hydrogen) atoms. The summed E-state index contributed by atoms with van der Waals surface area (Å²) in [5.74, 6) is 7.29. The quantitative estimate of drug-likeness (QED) is 0.220. The van der Waals surface area contributed by atoms with E-state index in [0.29, 0.717) is 23.2 Å². The van der Waals surface area contributed by atoms with Crippen molar-refractivity contribution in [3.05, 3.63) is 76.1 Å². The molecule has 0 saturated carbocycles. The first kappa shape index (κ1) is 24.9. The van der Waals surface area contributed by atoms with Gasteiger partial charge in [-0.05, 0) is 48.9 Å². The highest BCUT2D eigenvalue weighted by atomic mass is 35.5. The maximum Gasteiger partial charge on any atom is 0.151 e. The Bertz CT molecular complexity index is 1370. The van der Waals surface area contributed by atoms with Gasteiger partial charge in [-0.3, -0.25) is 0 Å². The van der Waals surface area contributed by atoms with Crippen molar-refractivity contribution in [2.24, 2.45) is 0 Å². The molecule has 0 aliphatic heterocycles. The van der Waals surface area contributed by atoms with E-state index in [9.17, 15) is 4.39 Å². The van der Waals surface area contributed by atoms with Crippen LogP contribution in [0.15, 0.2) is 54.9 Å². The standard InChI is InChI=1S/C26H24ClFN4O2S/c1-17(29-10-11-33-2)6-8-21-14-23-25(35-21)26(31-16-30-23)32-20-7-9-24(22(27)13-20)34-15-18-4-3-5-19(28)12-18/h3-5,7,9,12-14,16-17,29H,10-11,15H2,1-2H3,(H,30,31,32)/t17-/m1/s1. The van der Waals surface area contributed by atoms with Crippen molar-refractivity contribution < 1.29 is 13.9 Å². The van der Waals surface area contributed by atoms with E-state index in [0.717, 1.165) is 32.9 Å². The number of thiophene rings is 1. The van der Waals surface area contributed by atoms with Gasteiger partial charge in [0.1, 0.15) is 24.5 Å². The monoisotopic (exact) mass is 510 g/mol. The fourth-order valence-electron chi connectivity index (χ4n) is 3.23. The molecule has 180 valence electrons. The number of methoxy groups -OCH3 is 1. The van der Waals surface area contributed by atoms with E-state index in [-0.39, 0.29) is 18.5 Å². The zero-order chi connectivity index (χ0) is 24.6. The molecule has 0 aliphatic rings. The van der Waals surface area contributed by atoms with Crippen LogP contribution in [0.5, 0.6) is 5.75 Å². The van der Waals surface area contributed by atoms with Crippen molar-refractivity contribution in [2.75, 3.05) is 25.6 Å². The zero-order valence-electron chi connectivity index (χ0n) is 19.3. The second kappa shape index (κ2) is 12.0. The third-order valence-electron chi connectivity index (χ3n) is 4.96. The molecule has 2 aromatic carbocycles. The summed E-state index contributed by atoms with van der Waals surface area (Å²) in [6.45, 7) is 3.62. The van der Waals surface area contributed by atoms with Gasteiger partial charge in [0.25, 0.3) is 0 Å². The Morgan fingerprint density at radius 1 is 1.17 bits per heavy atom. The van der Waals surface area contributed by atoms with Crippen LogP contribution < -0.4 is 15.4 Å². The molecule has 2 aromatic heterocycles. The fourth-order valence-corrected chi connectivity index (χ4v) is 4.39. The van der Waals surface area contributed by atoms with E-state index in [2.05, 4.69) is 32.4 Å². The van der Waals surface area contributed by atoms with Crippen LogP contribution in [-0.4, -0.2) is 36.3 Å². The largest absolute Gasteiger partial charge is 0.487 e. The van der Waals surface area contributed by atoms with Crippen LogP contribution in [0.4, 0.5) is 15.9 Å². The zero-order valence-corrected chi connectivity index (χ0v) is 20.8. The molecule has 2 N–H and O–H groups in total. The summed E-state index contributed by atoms with van der Waals surface area (Å²) in [6.07, 6.45) is 1.52. The first-order chi connectivity index (χ1) is 17.0. The third-order valence-corrected chi connectivity index (χ3v) is 6.30. The Morgan fingerprint density at radius 3 is 2.86 bits per heavy atom. The van der Waals surface area contributed by atoms with Gasteiger partial charge in [-0.1, -0.05) is 35.6 Å². The smallest absolute Gasteiger partial charge is 0.151 e. The Balaban J connectivity index is 1.45. The molecular formula is C26H24ClFN4O2S. The molecule has 0 bridgehead atoms. The molecule has 6 nitrogen and oxygen atoms in total. The molecule has 0 aliphatic carbocycles. The molecule has 0 fully saturated rings. The molecule has 0 saturated heterocycles. The van der Waals surface area contributed by atoms with Crippen molar-refractivity contribution in [3.8, 4) is 17.6 Å². The topological polar surface area (TPSA) is 68.3 Å². The Labute approximate surface area is 212 Å². The summed E-state index contributed by atoms with van der Waals surface area (Å²) in [7, 11) is 1.67. The van der Waals surface area contributed by atoms with Gasteiger partial charge in [0.05, 0.1) is 32.8 Å². The minimum Gasteiger partial charge on any atom is -0.487 e. The second-order valence-corrected chi connectivity index (χ2v) is 9.13. The van der Waals surface area contributed by atoms with Gasteiger partial charge in [0, 0.05) is 19.3 Å². The van der Waals surface area contributed by atoms with E-state index in [1.54, 1.807) is 31.4 Å². The van der Waals surface area contributed by atoms with Crippen LogP contribution in [0.1, 0.15) is 17.4 Å². The fraction of sp³-hybridized carbons (Fsp3) is 0.231. The van der Waals surface area contributed by atoms with E-state index in [1.165, 1.54) is 29.8 Å². The molecule has 0 amide bonds. The average Bonchev–Trinajstić information content (AvgIpc) is 3.27. The van der Waals surface area contributed by atoms with Crippen LogP contribution >= 0.6 is 22.9 Å². The number of fused-ring (bicyclic) bond motifs is 1. The third kappa shape index (κ3) is 6.90. The minimum absolute atomic E-state index is 0.0443. The highest BCUT2D eigenvalue weighted by Crippen LogP contribution is 2.33.